The molecule has 0 amide bonds. The quantitative estimate of drug-likeness (QED) is 0.617. The number of aromatic nitrogens is 2. The minimum Gasteiger partial charge on any atom is -0.481 e. The Bertz CT molecular complexity index is 631. The maximum atomic E-state index is 5.55. The molecule has 0 atom stereocenters. The molecule has 1 aromatic heterocycles. The SMILES string of the molecule is C#CCOc1ccc(Br)cc1CNCCc1cnn(C)c1. The molecule has 0 radical (unpaired) electrons. The van der Waals surface area contributed by atoms with Crippen LogP contribution in [0.3, 0.4) is 0 Å². The van der Waals surface area contributed by atoms with E-state index in [1.54, 1.807) is 0 Å². The second-order valence-corrected chi connectivity index (χ2v) is 5.61. The van der Waals surface area contributed by atoms with Gasteiger partial charge in [0.25, 0.3) is 0 Å². The minimum atomic E-state index is 0.282. The third-order valence-corrected chi connectivity index (χ3v) is 3.49. The van der Waals surface area contributed by atoms with E-state index in [0.29, 0.717) is 0 Å². The molecule has 0 saturated carbocycles. The van der Waals surface area contributed by atoms with Crippen molar-refractivity contribution in [1.82, 2.24) is 15.1 Å². The summed E-state index contributed by atoms with van der Waals surface area (Å²) in [7, 11) is 1.92. The Morgan fingerprint density at radius 1 is 1.48 bits per heavy atom. The predicted molar refractivity (Wildman–Crippen MR) is 87.1 cm³/mol. The van der Waals surface area contributed by atoms with Gasteiger partial charge in [0.1, 0.15) is 12.4 Å². The minimum absolute atomic E-state index is 0.282. The standard InChI is InChI=1S/C16H18BrN3O/c1-3-8-21-16-5-4-15(17)9-14(16)11-18-7-6-13-10-19-20(2)12-13/h1,4-5,9-10,12,18H,6-8,11H2,2H3. The van der Waals surface area contributed by atoms with Gasteiger partial charge in [-0.1, -0.05) is 21.9 Å². The number of aryl methyl sites for hydroxylation is 1. The van der Waals surface area contributed by atoms with E-state index in [9.17, 15) is 0 Å². The van der Waals surface area contributed by atoms with Gasteiger partial charge in [-0.3, -0.25) is 4.68 Å². The molecule has 0 aliphatic rings. The number of hydrogen-bond acceptors (Lipinski definition) is 3. The summed E-state index contributed by atoms with van der Waals surface area (Å²) in [6.07, 6.45) is 10.1. The van der Waals surface area contributed by atoms with E-state index >= 15 is 0 Å². The van der Waals surface area contributed by atoms with Crippen molar-refractivity contribution < 1.29 is 4.74 Å². The summed E-state index contributed by atoms with van der Waals surface area (Å²) in [4.78, 5) is 0. The average molecular weight is 348 g/mol. The molecule has 0 fully saturated rings. The summed E-state index contributed by atoms with van der Waals surface area (Å²) in [6.45, 7) is 1.90. The smallest absolute Gasteiger partial charge is 0.148 e. The molecule has 0 aliphatic carbocycles. The first-order valence-electron chi connectivity index (χ1n) is 6.72. The van der Waals surface area contributed by atoms with Crippen LogP contribution in [0.4, 0.5) is 0 Å². The van der Waals surface area contributed by atoms with Gasteiger partial charge in [0.05, 0.1) is 6.20 Å². The number of hydrogen-bond donors (Lipinski definition) is 1. The zero-order valence-electron chi connectivity index (χ0n) is 12.0. The van der Waals surface area contributed by atoms with Gasteiger partial charge in [-0.15, -0.1) is 6.42 Å². The molecule has 0 saturated heterocycles. The van der Waals surface area contributed by atoms with E-state index in [2.05, 4.69) is 32.3 Å². The van der Waals surface area contributed by atoms with Crippen molar-refractivity contribution >= 4 is 15.9 Å². The lowest BCUT2D eigenvalue weighted by atomic mass is 10.2. The summed E-state index contributed by atoms with van der Waals surface area (Å²) >= 11 is 3.48. The molecule has 0 unspecified atom stereocenters. The van der Waals surface area contributed by atoms with Gasteiger partial charge in [-0.25, -0.2) is 0 Å². The Kier molecular flexibility index (Phi) is 5.85. The van der Waals surface area contributed by atoms with Gasteiger partial charge in [-0.05, 0) is 36.7 Å². The zero-order valence-corrected chi connectivity index (χ0v) is 13.6. The van der Waals surface area contributed by atoms with Gasteiger partial charge in [0, 0.05) is 29.8 Å². The normalized spacial score (nSPS) is 10.3. The number of rotatable bonds is 7. The highest BCUT2D eigenvalue weighted by Crippen LogP contribution is 2.23. The van der Waals surface area contributed by atoms with E-state index in [4.69, 9.17) is 11.2 Å². The van der Waals surface area contributed by atoms with Crippen LogP contribution in [0.1, 0.15) is 11.1 Å². The number of terminal acetylenes is 1. The largest absolute Gasteiger partial charge is 0.481 e. The third-order valence-electron chi connectivity index (χ3n) is 3.00. The zero-order chi connectivity index (χ0) is 15.1. The number of nitrogens with zero attached hydrogens (tertiary/aromatic N) is 2. The van der Waals surface area contributed by atoms with Gasteiger partial charge >= 0.3 is 0 Å². The fraction of sp³-hybridized carbons (Fsp3) is 0.312. The Hall–Kier alpha value is -1.77. The summed E-state index contributed by atoms with van der Waals surface area (Å²) < 4.78 is 8.39. The number of ether oxygens (including phenoxy) is 1. The van der Waals surface area contributed by atoms with Crippen LogP contribution in [0.2, 0.25) is 0 Å². The van der Waals surface area contributed by atoms with Crippen LogP contribution >= 0.6 is 15.9 Å². The van der Waals surface area contributed by atoms with Gasteiger partial charge in [0.2, 0.25) is 0 Å². The third kappa shape index (κ3) is 4.92. The molecular formula is C16H18BrN3O. The molecule has 0 bridgehead atoms. The fourth-order valence-corrected chi connectivity index (χ4v) is 2.41. The molecular weight excluding hydrogens is 330 g/mol. The molecule has 110 valence electrons. The van der Waals surface area contributed by atoms with E-state index < -0.39 is 0 Å². The van der Waals surface area contributed by atoms with Crippen LogP contribution in [0.5, 0.6) is 5.75 Å². The van der Waals surface area contributed by atoms with E-state index in [0.717, 1.165) is 35.3 Å². The number of halogens is 1. The van der Waals surface area contributed by atoms with Crippen molar-refractivity contribution in [1.29, 1.82) is 0 Å². The van der Waals surface area contributed by atoms with E-state index in [1.807, 2.05) is 42.3 Å². The average Bonchev–Trinajstić information content (AvgIpc) is 2.88. The second-order valence-electron chi connectivity index (χ2n) is 4.69. The lowest BCUT2D eigenvalue weighted by molar-refractivity contribution is 0.365. The molecule has 1 heterocycles. The van der Waals surface area contributed by atoms with Crippen molar-refractivity contribution in [3.05, 3.63) is 46.2 Å². The molecule has 21 heavy (non-hydrogen) atoms. The molecule has 0 aliphatic heterocycles. The lowest BCUT2D eigenvalue weighted by Crippen LogP contribution is -2.17. The molecule has 1 aromatic carbocycles. The van der Waals surface area contributed by atoms with Crippen molar-refractivity contribution in [2.45, 2.75) is 13.0 Å². The maximum absolute atomic E-state index is 5.55. The number of benzene rings is 1. The van der Waals surface area contributed by atoms with Crippen LogP contribution in [0, 0.1) is 12.3 Å². The van der Waals surface area contributed by atoms with Crippen molar-refractivity contribution in [3.8, 4) is 18.1 Å². The topological polar surface area (TPSA) is 39.1 Å². The summed E-state index contributed by atoms with van der Waals surface area (Å²) in [5, 5.41) is 7.57. The van der Waals surface area contributed by atoms with Crippen LogP contribution in [0.25, 0.3) is 0 Å². The lowest BCUT2D eigenvalue weighted by Gasteiger charge is -2.11. The number of nitrogens with one attached hydrogen (secondary N) is 1. The maximum Gasteiger partial charge on any atom is 0.148 e. The van der Waals surface area contributed by atoms with Crippen LogP contribution < -0.4 is 10.1 Å². The van der Waals surface area contributed by atoms with E-state index in [-0.39, 0.29) is 6.61 Å². The molecule has 5 heteroatoms. The van der Waals surface area contributed by atoms with Crippen molar-refractivity contribution in [2.75, 3.05) is 13.2 Å². The first kappa shape index (κ1) is 15.6. The monoisotopic (exact) mass is 347 g/mol. The fourth-order valence-electron chi connectivity index (χ4n) is 2.00. The molecule has 2 aromatic rings. The molecule has 2 rings (SSSR count). The Balaban J connectivity index is 1.87. The van der Waals surface area contributed by atoms with Crippen molar-refractivity contribution in [2.24, 2.45) is 7.05 Å². The molecule has 4 nitrogen and oxygen atoms in total. The van der Waals surface area contributed by atoms with Gasteiger partial charge in [-0.2, -0.15) is 5.10 Å². The predicted octanol–water partition coefficient (Wildman–Crippen LogP) is 2.53. The second kappa shape index (κ2) is 7.87. The van der Waals surface area contributed by atoms with Gasteiger partial charge < -0.3 is 10.1 Å². The first-order chi connectivity index (χ1) is 10.2. The van der Waals surface area contributed by atoms with Crippen LogP contribution in [-0.4, -0.2) is 22.9 Å². The van der Waals surface area contributed by atoms with Gasteiger partial charge in [0.15, 0.2) is 0 Å². The Labute approximate surface area is 133 Å². The van der Waals surface area contributed by atoms with Crippen molar-refractivity contribution in [3.63, 3.8) is 0 Å². The highest BCUT2D eigenvalue weighted by atomic mass is 79.9. The summed E-state index contributed by atoms with van der Waals surface area (Å²) in [6, 6.07) is 5.92. The van der Waals surface area contributed by atoms with Crippen LogP contribution in [-0.2, 0) is 20.0 Å². The Morgan fingerprint density at radius 2 is 2.33 bits per heavy atom. The molecule has 0 spiro atoms. The Morgan fingerprint density at radius 3 is 3.05 bits per heavy atom. The first-order valence-corrected chi connectivity index (χ1v) is 7.51. The summed E-state index contributed by atoms with van der Waals surface area (Å²) in [5.41, 5.74) is 2.31. The van der Waals surface area contributed by atoms with E-state index in [1.165, 1.54) is 5.56 Å². The highest BCUT2D eigenvalue weighted by Gasteiger charge is 2.04. The van der Waals surface area contributed by atoms with Crippen LogP contribution in [0.15, 0.2) is 35.1 Å². The molecule has 1 N–H and O–H groups in total. The highest BCUT2D eigenvalue weighted by molar-refractivity contribution is 9.10. The summed E-state index contributed by atoms with van der Waals surface area (Å²) in [5.74, 6) is 3.31.